The van der Waals surface area contributed by atoms with Gasteiger partial charge in [0.15, 0.2) is 11.5 Å². The van der Waals surface area contributed by atoms with E-state index in [1.165, 1.54) is 0 Å². The van der Waals surface area contributed by atoms with Gasteiger partial charge in [0.05, 0.1) is 0 Å². The van der Waals surface area contributed by atoms with E-state index in [4.69, 9.17) is 15.2 Å². The molecule has 1 aromatic carbocycles. The third-order valence-corrected chi connectivity index (χ3v) is 5.62. The van der Waals surface area contributed by atoms with E-state index in [1.54, 1.807) is 4.90 Å². The predicted octanol–water partition coefficient (Wildman–Crippen LogP) is 1.43. The van der Waals surface area contributed by atoms with Crippen molar-refractivity contribution in [3.63, 3.8) is 0 Å². The van der Waals surface area contributed by atoms with Crippen LogP contribution < -0.4 is 20.1 Å². The van der Waals surface area contributed by atoms with Gasteiger partial charge < -0.3 is 25.0 Å². The molecule has 0 aliphatic carbocycles. The molecule has 3 heterocycles. The fourth-order valence-corrected chi connectivity index (χ4v) is 4.19. The van der Waals surface area contributed by atoms with Crippen LogP contribution in [0.15, 0.2) is 18.2 Å². The van der Waals surface area contributed by atoms with Gasteiger partial charge in [-0.2, -0.15) is 0 Å². The van der Waals surface area contributed by atoms with Gasteiger partial charge in [0.25, 0.3) is 0 Å². The number of carbonyl (C=O) groups is 2. The zero-order valence-corrected chi connectivity index (χ0v) is 16.2. The summed E-state index contributed by atoms with van der Waals surface area (Å²) >= 11 is 0. The van der Waals surface area contributed by atoms with E-state index < -0.39 is 5.92 Å². The van der Waals surface area contributed by atoms with Gasteiger partial charge in [0.1, 0.15) is 19.1 Å². The Morgan fingerprint density at radius 1 is 1.26 bits per heavy atom. The number of ether oxygens (including phenoxy) is 2. The van der Waals surface area contributed by atoms with Crippen LogP contribution in [0.25, 0.3) is 0 Å². The fourth-order valence-electron chi connectivity index (χ4n) is 4.19. The molecule has 3 atom stereocenters. The fraction of sp³-hybridized carbons (Fsp3) is 0.579. The lowest BCUT2D eigenvalue weighted by Gasteiger charge is -2.25. The first kappa shape index (κ1) is 19.8. The molecule has 0 saturated carbocycles. The summed E-state index contributed by atoms with van der Waals surface area (Å²) in [4.78, 5) is 29.4. The molecule has 2 saturated heterocycles. The molecule has 3 aliphatic rings. The van der Waals surface area contributed by atoms with Gasteiger partial charge in [-0.15, -0.1) is 12.4 Å². The highest BCUT2D eigenvalue weighted by Gasteiger charge is 2.43. The summed E-state index contributed by atoms with van der Waals surface area (Å²) in [7, 11) is 0. The second kappa shape index (κ2) is 7.94. The number of nitrogens with two attached hydrogens (primary N) is 1. The Bertz CT molecular complexity index is 729. The topological polar surface area (TPSA) is 85.1 Å². The van der Waals surface area contributed by atoms with E-state index in [0.717, 1.165) is 12.1 Å². The van der Waals surface area contributed by atoms with Crippen LogP contribution in [0.4, 0.5) is 5.69 Å². The van der Waals surface area contributed by atoms with Gasteiger partial charge >= 0.3 is 0 Å². The molecule has 148 valence electrons. The maximum atomic E-state index is 12.9. The second-order valence-electron chi connectivity index (χ2n) is 7.34. The molecule has 4 rings (SSSR count). The average Bonchev–Trinajstić information content (AvgIpc) is 3.23. The highest BCUT2D eigenvalue weighted by Crippen LogP contribution is 2.36. The maximum absolute atomic E-state index is 12.9. The van der Waals surface area contributed by atoms with Crippen LogP contribution in [0, 0.1) is 11.8 Å². The number of benzene rings is 1. The zero-order chi connectivity index (χ0) is 18.3. The third-order valence-electron chi connectivity index (χ3n) is 5.62. The van der Waals surface area contributed by atoms with Crippen molar-refractivity contribution in [2.45, 2.75) is 25.8 Å². The highest BCUT2D eigenvalue weighted by molar-refractivity contribution is 6.09. The summed E-state index contributed by atoms with van der Waals surface area (Å²) in [5.74, 6) is 0.892. The molecule has 27 heavy (non-hydrogen) atoms. The van der Waals surface area contributed by atoms with E-state index in [2.05, 4.69) is 0 Å². The minimum atomic E-state index is -0.595. The smallest absolute Gasteiger partial charge is 0.239 e. The molecule has 1 aromatic rings. The van der Waals surface area contributed by atoms with E-state index in [0.29, 0.717) is 56.7 Å². The molecule has 2 amide bonds. The minimum Gasteiger partial charge on any atom is -0.486 e. The standard InChI is InChI=1S/C19H25N3O4.ClH/c1-12-8-13(10-20)11-22(12)19(24)15-4-5-21(18(15)23)14-2-3-16-17(9-14)26-7-6-25-16;/h2-3,9,12-13,15H,4-8,10-11,20H2,1H3;1H. The van der Waals surface area contributed by atoms with Crippen molar-refractivity contribution in [3.8, 4) is 11.5 Å². The Kier molecular flexibility index (Phi) is 5.81. The number of anilines is 1. The molecule has 7 nitrogen and oxygen atoms in total. The average molecular weight is 396 g/mol. The van der Waals surface area contributed by atoms with Crippen LogP contribution >= 0.6 is 12.4 Å². The molecule has 3 unspecified atom stereocenters. The molecular weight excluding hydrogens is 370 g/mol. The van der Waals surface area contributed by atoms with Crippen molar-refractivity contribution >= 4 is 29.9 Å². The number of fused-ring (bicyclic) bond motifs is 1. The number of nitrogens with zero attached hydrogens (tertiary/aromatic N) is 2. The van der Waals surface area contributed by atoms with Gasteiger partial charge in [-0.25, -0.2) is 0 Å². The maximum Gasteiger partial charge on any atom is 0.239 e. The first-order valence-corrected chi connectivity index (χ1v) is 9.30. The van der Waals surface area contributed by atoms with Crippen molar-refractivity contribution in [1.29, 1.82) is 0 Å². The molecule has 0 radical (unpaired) electrons. The molecule has 0 bridgehead atoms. The molecule has 0 aromatic heterocycles. The summed E-state index contributed by atoms with van der Waals surface area (Å²) in [6, 6.07) is 5.64. The van der Waals surface area contributed by atoms with Crippen LogP contribution in [0.2, 0.25) is 0 Å². The van der Waals surface area contributed by atoms with Crippen LogP contribution in [0.1, 0.15) is 19.8 Å². The Morgan fingerprint density at radius 2 is 2.00 bits per heavy atom. The lowest BCUT2D eigenvalue weighted by molar-refractivity contribution is -0.140. The van der Waals surface area contributed by atoms with Gasteiger partial charge in [0, 0.05) is 30.9 Å². The van der Waals surface area contributed by atoms with Gasteiger partial charge in [-0.1, -0.05) is 0 Å². The van der Waals surface area contributed by atoms with Crippen molar-refractivity contribution in [2.75, 3.05) is 37.7 Å². The Morgan fingerprint density at radius 3 is 2.70 bits per heavy atom. The van der Waals surface area contributed by atoms with Crippen LogP contribution in [-0.4, -0.2) is 55.6 Å². The Hall–Kier alpha value is -1.99. The molecule has 2 fully saturated rings. The SMILES string of the molecule is CC1CC(CN)CN1C(=O)C1CCN(c2ccc3c(c2)OCCO3)C1=O.Cl. The number of hydrogen-bond donors (Lipinski definition) is 1. The van der Waals surface area contributed by atoms with Gasteiger partial charge in [-0.05, 0) is 44.4 Å². The Labute approximate surface area is 165 Å². The summed E-state index contributed by atoms with van der Waals surface area (Å²) in [6.07, 6.45) is 1.46. The minimum absolute atomic E-state index is 0. The highest BCUT2D eigenvalue weighted by atomic mass is 35.5. The monoisotopic (exact) mass is 395 g/mol. The third kappa shape index (κ3) is 3.58. The van der Waals surface area contributed by atoms with E-state index >= 15 is 0 Å². The van der Waals surface area contributed by atoms with E-state index in [9.17, 15) is 9.59 Å². The zero-order valence-electron chi connectivity index (χ0n) is 15.4. The van der Waals surface area contributed by atoms with Crippen LogP contribution in [-0.2, 0) is 9.59 Å². The molecule has 3 aliphatic heterocycles. The largest absolute Gasteiger partial charge is 0.486 e. The lowest BCUT2D eigenvalue weighted by Crippen LogP contribution is -2.42. The number of rotatable bonds is 3. The van der Waals surface area contributed by atoms with Crippen LogP contribution in [0.5, 0.6) is 11.5 Å². The number of hydrogen-bond acceptors (Lipinski definition) is 5. The van der Waals surface area contributed by atoms with Crippen molar-refractivity contribution in [3.05, 3.63) is 18.2 Å². The van der Waals surface area contributed by atoms with Crippen molar-refractivity contribution in [2.24, 2.45) is 17.6 Å². The molecule has 0 spiro atoms. The number of halogens is 1. The van der Waals surface area contributed by atoms with Crippen molar-refractivity contribution < 1.29 is 19.1 Å². The summed E-state index contributed by atoms with van der Waals surface area (Å²) < 4.78 is 11.1. The van der Waals surface area contributed by atoms with E-state index in [1.807, 2.05) is 30.0 Å². The first-order chi connectivity index (χ1) is 12.6. The Balaban J connectivity index is 0.00000210. The second-order valence-corrected chi connectivity index (χ2v) is 7.34. The van der Waals surface area contributed by atoms with Crippen LogP contribution in [0.3, 0.4) is 0 Å². The van der Waals surface area contributed by atoms with Gasteiger partial charge in [0.2, 0.25) is 11.8 Å². The summed E-state index contributed by atoms with van der Waals surface area (Å²) in [5, 5.41) is 0. The summed E-state index contributed by atoms with van der Waals surface area (Å²) in [5.41, 5.74) is 6.51. The predicted molar refractivity (Wildman–Crippen MR) is 103 cm³/mol. The normalized spacial score (nSPS) is 26.9. The van der Waals surface area contributed by atoms with Crippen molar-refractivity contribution in [1.82, 2.24) is 4.90 Å². The van der Waals surface area contributed by atoms with Gasteiger partial charge in [-0.3, -0.25) is 9.59 Å². The number of amides is 2. The number of likely N-dealkylation sites (tertiary alicyclic amines) is 1. The molecular formula is C19H26ClN3O4. The summed E-state index contributed by atoms with van der Waals surface area (Å²) in [6.45, 7) is 4.84. The molecule has 2 N–H and O–H groups in total. The molecule has 8 heteroatoms. The van der Waals surface area contributed by atoms with E-state index in [-0.39, 0.29) is 30.3 Å². The quantitative estimate of drug-likeness (QED) is 0.782. The first-order valence-electron chi connectivity index (χ1n) is 9.30. The lowest BCUT2D eigenvalue weighted by atomic mass is 10.1. The number of carbonyl (C=O) groups excluding carboxylic acids is 2.